The van der Waals surface area contributed by atoms with Crippen LogP contribution in [0, 0.1) is 5.82 Å². The first-order chi connectivity index (χ1) is 12.4. The first-order valence-electron chi connectivity index (χ1n) is 9.02. The minimum absolute atomic E-state index is 0.261. The molecule has 26 heavy (non-hydrogen) atoms. The summed E-state index contributed by atoms with van der Waals surface area (Å²) in [5.74, 6) is -1.36. The third-order valence-corrected chi connectivity index (χ3v) is 5.01. The summed E-state index contributed by atoms with van der Waals surface area (Å²) < 4.78 is 55.2. The number of aryl methyl sites for hydroxylation is 1. The number of ether oxygens (including phenoxy) is 1. The van der Waals surface area contributed by atoms with Crippen LogP contribution in [-0.2, 0) is 19.3 Å². The van der Waals surface area contributed by atoms with Crippen LogP contribution in [0.1, 0.15) is 54.4 Å². The Kier molecular flexibility index (Phi) is 5.54. The molecule has 0 saturated heterocycles. The van der Waals surface area contributed by atoms with Gasteiger partial charge in [-0.15, -0.1) is 13.2 Å². The molecule has 1 aliphatic rings. The van der Waals surface area contributed by atoms with Crippen LogP contribution in [0.5, 0.6) is 5.75 Å². The van der Waals surface area contributed by atoms with E-state index in [-0.39, 0.29) is 5.92 Å². The molecule has 140 valence electrons. The Morgan fingerprint density at radius 3 is 2.46 bits per heavy atom. The van der Waals surface area contributed by atoms with Gasteiger partial charge in [0.1, 0.15) is 0 Å². The molecule has 0 bridgehead atoms. The first-order valence-corrected chi connectivity index (χ1v) is 9.02. The van der Waals surface area contributed by atoms with Crippen molar-refractivity contribution in [2.45, 2.75) is 57.7 Å². The highest BCUT2D eigenvalue weighted by atomic mass is 19.4. The molecular weight excluding hydrogens is 344 g/mol. The lowest BCUT2D eigenvalue weighted by Crippen LogP contribution is -2.20. The van der Waals surface area contributed by atoms with E-state index in [1.165, 1.54) is 11.1 Å². The molecule has 0 saturated carbocycles. The summed E-state index contributed by atoms with van der Waals surface area (Å²) in [5, 5.41) is 0. The molecule has 0 N–H and O–H groups in total. The van der Waals surface area contributed by atoms with Gasteiger partial charge >= 0.3 is 6.36 Å². The molecule has 0 radical (unpaired) electrons. The van der Waals surface area contributed by atoms with Crippen molar-refractivity contribution in [2.75, 3.05) is 0 Å². The van der Waals surface area contributed by atoms with E-state index >= 15 is 0 Å². The van der Waals surface area contributed by atoms with Gasteiger partial charge in [-0.25, -0.2) is 4.39 Å². The van der Waals surface area contributed by atoms with E-state index in [4.69, 9.17) is 0 Å². The van der Waals surface area contributed by atoms with Gasteiger partial charge in [-0.1, -0.05) is 43.7 Å². The fraction of sp³-hybridized carbons (Fsp3) is 0.429. The van der Waals surface area contributed by atoms with Crippen LogP contribution in [0.15, 0.2) is 36.4 Å². The smallest absolute Gasteiger partial charge is 0.403 e. The molecule has 1 unspecified atom stereocenters. The van der Waals surface area contributed by atoms with Crippen LogP contribution in [-0.4, -0.2) is 6.36 Å². The van der Waals surface area contributed by atoms with Crippen molar-refractivity contribution < 1.29 is 22.3 Å². The van der Waals surface area contributed by atoms with Crippen molar-refractivity contribution in [2.24, 2.45) is 0 Å². The normalized spacial score (nSPS) is 17.0. The quantitative estimate of drug-likeness (QED) is 0.561. The summed E-state index contributed by atoms with van der Waals surface area (Å²) in [6, 6.07) is 11.2. The van der Waals surface area contributed by atoms with E-state index in [9.17, 15) is 17.6 Å². The molecule has 0 aliphatic heterocycles. The van der Waals surface area contributed by atoms with Gasteiger partial charge in [0.05, 0.1) is 0 Å². The molecule has 3 rings (SSSR count). The maximum absolute atomic E-state index is 14.4. The summed E-state index contributed by atoms with van der Waals surface area (Å²) in [5.41, 5.74) is 3.63. The zero-order valence-electron chi connectivity index (χ0n) is 14.7. The second-order valence-corrected chi connectivity index (χ2v) is 6.85. The highest BCUT2D eigenvalue weighted by molar-refractivity contribution is 5.41. The van der Waals surface area contributed by atoms with E-state index in [0.717, 1.165) is 30.9 Å². The van der Waals surface area contributed by atoms with Crippen molar-refractivity contribution in [3.8, 4) is 5.75 Å². The summed E-state index contributed by atoms with van der Waals surface area (Å²) >= 11 is 0. The zero-order chi connectivity index (χ0) is 18.7. The molecule has 0 spiro atoms. The zero-order valence-corrected chi connectivity index (χ0v) is 14.7. The molecule has 0 amide bonds. The Bertz CT molecular complexity index is 750. The van der Waals surface area contributed by atoms with Crippen molar-refractivity contribution in [3.05, 3.63) is 64.5 Å². The van der Waals surface area contributed by atoms with Crippen LogP contribution in [0.2, 0.25) is 0 Å². The Morgan fingerprint density at radius 2 is 1.81 bits per heavy atom. The van der Waals surface area contributed by atoms with Crippen LogP contribution < -0.4 is 4.74 Å². The fourth-order valence-electron chi connectivity index (χ4n) is 3.61. The fourth-order valence-corrected chi connectivity index (χ4v) is 3.61. The van der Waals surface area contributed by atoms with Crippen LogP contribution >= 0.6 is 0 Å². The van der Waals surface area contributed by atoms with Crippen molar-refractivity contribution in [1.29, 1.82) is 0 Å². The topological polar surface area (TPSA) is 9.23 Å². The number of hydrogen-bond donors (Lipinski definition) is 0. The molecule has 0 aromatic heterocycles. The van der Waals surface area contributed by atoms with Gasteiger partial charge in [-0.2, -0.15) is 0 Å². The standard InChI is InChI=1S/C21H22F4O/c1-2-3-4-14-5-7-15(8-6-14)16-9-11-18-17(13-16)10-12-19(20(18)22)26-21(23,24)25/h5-8,10,12,16H,2-4,9,11,13H2,1H3. The Balaban J connectivity index is 1.74. The number of benzene rings is 2. The third kappa shape index (κ3) is 4.37. The van der Waals surface area contributed by atoms with E-state index < -0.39 is 17.9 Å². The summed E-state index contributed by atoms with van der Waals surface area (Å²) in [6.45, 7) is 2.16. The monoisotopic (exact) mass is 366 g/mol. The molecule has 5 heteroatoms. The maximum Gasteiger partial charge on any atom is 0.573 e. The lowest BCUT2D eigenvalue weighted by atomic mass is 9.79. The number of alkyl halides is 3. The molecule has 2 aromatic carbocycles. The average Bonchev–Trinajstić information content (AvgIpc) is 2.61. The van der Waals surface area contributed by atoms with E-state index in [2.05, 4.69) is 35.9 Å². The van der Waals surface area contributed by atoms with Crippen molar-refractivity contribution in [3.63, 3.8) is 0 Å². The van der Waals surface area contributed by atoms with Gasteiger partial charge in [0.15, 0.2) is 11.6 Å². The summed E-state index contributed by atoms with van der Waals surface area (Å²) in [4.78, 5) is 0. The predicted octanol–water partition coefficient (Wildman–Crippen LogP) is 6.34. The van der Waals surface area contributed by atoms with Gasteiger partial charge in [-0.3, -0.25) is 0 Å². The Labute approximate surface area is 151 Å². The highest BCUT2D eigenvalue weighted by Gasteiger charge is 2.34. The molecule has 2 aromatic rings. The number of unbranched alkanes of at least 4 members (excludes halogenated alkanes) is 1. The molecule has 0 fully saturated rings. The van der Waals surface area contributed by atoms with Crippen LogP contribution in [0.25, 0.3) is 0 Å². The largest absolute Gasteiger partial charge is 0.573 e. The Morgan fingerprint density at radius 1 is 1.08 bits per heavy atom. The third-order valence-electron chi connectivity index (χ3n) is 5.01. The van der Waals surface area contributed by atoms with Gasteiger partial charge in [0.25, 0.3) is 0 Å². The van der Waals surface area contributed by atoms with Crippen LogP contribution in [0.3, 0.4) is 0 Å². The van der Waals surface area contributed by atoms with E-state index in [0.29, 0.717) is 24.8 Å². The highest BCUT2D eigenvalue weighted by Crippen LogP contribution is 2.37. The molecule has 0 heterocycles. The minimum Gasteiger partial charge on any atom is -0.403 e. The number of hydrogen-bond acceptors (Lipinski definition) is 1. The number of rotatable bonds is 5. The molecule has 1 atom stereocenters. The lowest BCUT2D eigenvalue weighted by Gasteiger charge is -2.26. The first kappa shape index (κ1) is 18.7. The van der Waals surface area contributed by atoms with Crippen molar-refractivity contribution >= 4 is 0 Å². The van der Waals surface area contributed by atoms with Crippen LogP contribution in [0.4, 0.5) is 17.6 Å². The number of halogens is 4. The lowest BCUT2D eigenvalue weighted by molar-refractivity contribution is -0.275. The SMILES string of the molecule is CCCCc1ccc(C2CCc3c(ccc(OC(F)(F)F)c3F)C2)cc1. The van der Waals surface area contributed by atoms with Gasteiger partial charge < -0.3 is 4.74 Å². The number of fused-ring (bicyclic) bond motifs is 1. The minimum atomic E-state index is -4.88. The summed E-state index contributed by atoms with van der Waals surface area (Å²) in [7, 11) is 0. The van der Waals surface area contributed by atoms with E-state index in [1.54, 1.807) is 6.07 Å². The van der Waals surface area contributed by atoms with Gasteiger partial charge in [0, 0.05) is 0 Å². The second kappa shape index (κ2) is 7.68. The molecule has 1 nitrogen and oxygen atoms in total. The van der Waals surface area contributed by atoms with Crippen molar-refractivity contribution in [1.82, 2.24) is 0 Å². The molecular formula is C21H22F4O. The molecule has 1 aliphatic carbocycles. The van der Waals surface area contributed by atoms with E-state index in [1.807, 2.05) is 0 Å². The van der Waals surface area contributed by atoms with Gasteiger partial charge in [-0.05, 0) is 66.3 Å². The maximum atomic E-state index is 14.4. The average molecular weight is 366 g/mol. The summed E-state index contributed by atoms with van der Waals surface area (Å²) in [6.07, 6.45) is 0.271. The predicted molar refractivity (Wildman–Crippen MR) is 92.9 cm³/mol. The van der Waals surface area contributed by atoms with Gasteiger partial charge in [0.2, 0.25) is 0 Å². The second-order valence-electron chi connectivity index (χ2n) is 6.85. The Hall–Kier alpha value is -2.04.